The number of rotatable bonds is 6. The summed E-state index contributed by atoms with van der Waals surface area (Å²) in [5, 5.41) is 14.1. The van der Waals surface area contributed by atoms with E-state index in [1.807, 2.05) is 0 Å². The van der Waals surface area contributed by atoms with Gasteiger partial charge in [-0.1, -0.05) is 19.3 Å². The maximum Gasteiger partial charge on any atom is 0.305 e. The number of aliphatic carboxylic acids is 1. The van der Waals surface area contributed by atoms with Crippen molar-refractivity contribution < 1.29 is 19.5 Å². The molecule has 19 heavy (non-hydrogen) atoms. The molecule has 2 amide bonds. The molecular formula is C12H21N3O4. The largest absolute Gasteiger partial charge is 0.481 e. The van der Waals surface area contributed by atoms with E-state index < -0.39 is 17.4 Å². The van der Waals surface area contributed by atoms with Crippen molar-refractivity contribution in [1.82, 2.24) is 10.6 Å². The first-order chi connectivity index (χ1) is 8.97. The molecule has 0 heterocycles. The quantitative estimate of drug-likeness (QED) is 0.511. The minimum atomic E-state index is -0.923. The van der Waals surface area contributed by atoms with Crippen LogP contribution in [0.25, 0.3) is 0 Å². The smallest absolute Gasteiger partial charge is 0.305 e. The highest BCUT2D eigenvalue weighted by Crippen LogP contribution is 2.31. The molecule has 0 spiro atoms. The van der Waals surface area contributed by atoms with E-state index >= 15 is 0 Å². The highest BCUT2D eigenvalue weighted by molar-refractivity contribution is 5.86. The lowest BCUT2D eigenvalue weighted by molar-refractivity contribution is -0.139. The zero-order chi connectivity index (χ0) is 14.3. The van der Waals surface area contributed by atoms with Crippen molar-refractivity contribution in [3.8, 4) is 0 Å². The third-order valence-electron chi connectivity index (χ3n) is 3.34. The molecule has 108 valence electrons. The van der Waals surface area contributed by atoms with E-state index in [1.165, 1.54) is 0 Å². The summed E-state index contributed by atoms with van der Waals surface area (Å²) >= 11 is 0. The number of nitrogens with two attached hydrogens (primary N) is 1. The molecule has 0 aliphatic heterocycles. The molecule has 1 aliphatic carbocycles. The molecule has 0 saturated heterocycles. The van der Waals surface area contributed by atoms with Gasteiger partial charge in [-0.15, -0.1) is 0 Å². The Morgan fingerprint density at radius 3 is 2.26 bits per heavy atom. The predicted octanol–water partition coefficient (Wildman–Crippen LogP) is -0.645. The van der Waals surface area contributed by atoms with Gasteiger partial charge in [-0.2, -0.15) is 0 Å². The van der Waals surface area contributed by atoms with Crippen LogP contribution in [0.2, 0.25) is 0 Å². The second-order valence-corrected chi connectivity index (χ2v) is 4.94. The van der Waals surface area contributed by atoms with Gasteiger partial charge in [0.1, 0.15) is 0 Å². The Kier molecular flexibility index (Phi) is 5.75. The van der Waals surface area contributed by atoms with Crippen LogP contribution in [0.3, 0.4) is 0 Å². The van der Waals surface area contributed by atoms with Crippen molar-refractivity contribution in [2.45, 2.75) is 44.1 Å². The Morgan fingerprint density at radius 1 is 1.11 bits per heavy atom. The molecule has 0 aromatic rings. The summed E-state index contributed by atoms with van der Waals surface area (Å²) in [5.41, 5.74) is 4.44. The van der Waals surface area contributed by atoms with Gasteiger partial charge in [0.15, 0.2) is 0 Å². The standard InChI is InChI=1S/C12H21N3O4/c13-7-9(16)14-8-10(17)15-12(6-11(18)19)4-2-1-3-5-12/h1-8,13H2,(H,14,16)(H,15,17)(H,18,19). The van der Waals surface area contributed by atoms with Crippen LogP contribution in [0, 0.1) is 0 Å². The van der Waals surface area contributed by atoms with Crippen LogP contribution in [-0.4, -0.2) is 41.5 Å². The summed E-state index contributed by atoms with van der Waals surface area (Å²) in [6, 6.07) is 0. The van der Waals surface area contributed by atoms with E-state index in [2.05, 4.69) is 10.6 Å². The number of carboxylic acid groups (broad SMARTS) is 1. The van der Waals surface area contributed by atoms with Gasteiger partial charge in [-0.05, 0) is 12.8 Å². The third-order valence-corrected chi connectivity index (χ3v) is 3.34. The molecule has 0 unspecified atom stereocenters. The molecule has 5 N–H and O–H groups in total. The van der Waals surface area contributed by atoms with Crippen LogP contribution in [0.5, 0.6) is 0 Å². The molecule has 1 rings (SSSR count). The molecule has 0 aromatic carbocycles. The van der Waals surface area contributed by atoms with Gasteiger partial charge < -0.3 is 21.5 Å². The number of carboxylic acids is 1. The van der Waals surface area contributed by atoms with E-state index in [9.17, 15) is 14.4 Å². The summed E-state index contributed by atoms with van der Waals surface area (Å²) in [6.07, 6.45) is 4.11. The minimum absolute atomic E-state index is 0.0798. The molecule has 7 heteroatoms. The second-order valence-electron chi connectivity index (χ2n) is 4.94. The summed E-state index contributed by atoms with van der Waals surface area (Å²) < 4.78 is 0. The van der Waals surface area contributed by atoms with Gasteiger partial charge in [0.25, 0.3) is 0 Å². The first-order valence-corrected chi connectivity index (χ1v) is 6.47. The number of hydrogen-bond donors (Lipinski definition) is 4. The van der Waals surface area contributed by atoms with E-state index in [4.69, 9.17) is 10.8 Å². The fourth-order valence-corrected chi connectivity index (χ4v) is 2.45. The topological polar surface area (TPSA) is 122 Å². The average molecular weight is 271 g/mol. The summed E-state index contributed by atoms with van der Waals surface area (Å²) in [6.45, 7) is -0.342. The lowest BCUT2D eigenvalue weighted by Gasteiger charge is -2.37. The Labute approximate surface area is 111 Å². The lowest BCUT2D eigenvalue weighted by atomic mass is 9.79. The van der Waals surface area contributed by atoms with E-state index in [0.29, 0.717) is 12.8 Å². The Hall–Kier alpha value is -1.63. The van der Waals surface area contributed by atoms with Crippen molar-refractivity contribution in [3.63, 3.8) is 0 Å². The van der Waals surface area contributed by atoms with Crippen LogP contribution >= 0.6 is 0 Å². The summed E-state index contributed by atoms with van der Waals surface area (Å²) in [7, 11) is 0. The highest BCUT2D eigenvalue weighted by Gasteiger charge is 2.35. The molecule has 1 aliphatic rings. The van der Waals surface area contributed by atoms with Crippen molar-refractivity contribution in [1.29, 1.82) is 0 Å². The van der Waals surface area contributed by atoms with Crippen LogP contribution in [0.15, 0.2) is 0 Å². The Balaban J connectivity index is 2.54. The summed E-state index contributed by atoms with van der Waals surface area (Å²) in [5.74, 6) is -1.70. The Bertz CT molecular complexity index is 351. The fraction of sp³-hybridized carbons (Fsp3) is 0.750. The summed E-state index contributed by atoms with van der Waals surface area (Å²) in [4.78, 5) is 33.6. The normalized spacial score (nSPS) is 17.5. The van der Waals surface area contributed by atoms with Crippen molar-refractivity contribution >= 4 is 17.8 Å². The zero-order valence-electron chi connectivity index (χ0n) is 10.9. The average Bonchev–Trinajstić information content (AvgIpc) is 2.35. The van der Waals surface area contributed by atoms with Gasteiger partial charge >= 0.3 is 5.97 Å². The van der Waals surface area contributed by atoms with Crippen LogP contribution < -0.4 is 16.4 Å². The van der Waals surface area contributed by atoms with Gasteiger partial charge in [-0.3, -0.25) is 14.4 Å². The first-order valence-electron chi connectivity index (χ1n) is 6.47. The maximum absolute atomic E-state index is 11.8. The molecule has 1 fully saturated rings. The van der Waals surface area contributed by atoms with E-state index in [0.717, 1.165) is 19.3 Å². The molecule has 7 nitrogen and oxygen atoms in total. The van der Waals surface area contributed by atoms with Crippen molar-refractivity contribution in [3.05, 3.63) is 0 Å². The maximum atomic E-state index is 11.8. The van der Waals surface area contributed by atoms with Crippen LogP contribution in [0.1, 0.15) is 38.5 Å². The number of carbonyl (C=O) groups excluding carboxylic acids is 2. The van der Waals surface area contributed by atoms with Gasteiger partial charge in [0, 0.05) is 0 Å². The van der Waals surface area contributed by atoms with Crippen molar-refractivity contribution in [2.24, 2.45) is 5.73 Å². The van der Waals surface area contributed by atoms with Gasteiger partial charge in [0.05, 0.1) is 25.0 Å². The fourth-order valence-electron chi connectivity index (χ4n) is 2.45. The number of nitrogens with one attached hydrogen (secondary N) is 2. The number of amides is 2. The van der Waals surface area contributed by atoms with Gasteiger partial charge in [0.2, 0.25) is 11.8 Å². The molecule has 0 bridgehead atoms. The molecule has 1 saturated carbocycles. The van der Waals surface area contributed by atoms with E-state index in [1.54, 1.807) is 0 Å². The highest BCUT2D eigenvalue weighted by atomic mass is 16.4. The monoisotopic (exact) mass is 271 g/mol. The molecule has 0 atom stereocenters. The van der Waals surface area contributed by atoms with Crippen LogP contribution in [-0.2, 0) is 14.4 Å². The predicted molar refractivity (Wildman–Crippen MR) is 68.3 cm³/mol. The second kappa shape index (κ2) is 7.08. The first kappa shape index (κ1) is 15.4. The third kappa shape index (κ3) is 5.25. The molecular weight excluding hydrogens is 250 g/mol. The molecule has 0 aromatic heterocycles. The lowest BCUT2D eigenvalue weighted by Crippen LogP contribution is -2.53. The minimum Gasteiger partial charge on any atom is -0.481 e. The zero-order valence-corrected chi connectivity index (χ0v) is 10.9. The number of hydrogen-bond acceptors (Lipinski definition) is 4. The number of carbonyl (C=O) groups is 3. The molecule has 0 radical (unpaired) electrons. The van der Waals surface area contributed by atoms with E-state index in [-0.39, 0.29) is 25.4 Å². The Morgan fingerprint density at radius 2 is 1.74 bits per heavy atom. The van der Waals surface area contributed by atoms with Crippen molar-refractivity contribution in [2.75, 3.05) is 13.1 Å². The SMILES string of the molecule is NCC(=O)NCC(=O)NC1(CC(=O)O)CCCCC1. The van der Waals surface area contributed by atoms with Gasteiger partial charge in [-0.25, -0.2) is 0 Å². The van der Waals surface area contributed by atoms with Crippen LogP contribution in [0.4, 0.5) is 0 Å².